The summed E-state index contributed by atoms with van der Waals surface area (Å²) in [6.07, 6.45) is 1.34. The molecule has 0 spiro atoms. The van der Waals surface area contributed by atoms with Crippen LogP contribution in [0.15, 0.2) is 6.20 Å². The van der Waals surface area contributed by atoms with Crippen LogP contribution in [0.1, 0.15) is 5.69 Å². The van der Waals surface area contributed by atoms with Crippen LogP contribution in [0.5, 0.6) is 0 Å². The summed E-state index contributed by atoms with van der Waals surface area (Å²) in [4.78, 5) is 10.0. The third-order valence-corrected chi connectivity index (χ3v) is 1.04. The van der Waals surface area contributed by atoms with Crippen molar-refractivity contribution < 1.29 is 15.0 Å². The first-order chi connectivity index (χ1) is 5.22. The fraction of sp³-hybridized carbons (Fsp3) is 0.400. The first-order valence-electron chi connectivity index (χ1n) is 2.92. The second-order valence-electron chi connectivity index (χ2n) is 1.94. The van der Waals surface area contributed by atoms with Gasteiger partial charge in [-0.2, -0.15) is 0 Å². The van der Waals surface area contributed by atoms with Gasteiger partial charge < -0.3 is 15.0 Å². The Morgan fingerprint density at radius 2 is 2.55 bits per heavy atom. The van der Waals surface area contributed by atoms with Crippen molar-refractivity contribution in [3.63, 3.8) is 0 Å². The Morgan fingerprint density at radius 3 is 3.00 bits per heavy atom. The quantitative estimate of drug-likeness (QED) is 0.523. The Morgan fingerprint density at radius 1 is 1.82 bits per heavy atom. The van der Waals surface area contributed by atoms with Crippen molar-refractivity contribution in [1.82, 2.24) is 15.0 Å². The van der Waals surface area contributed by atoms with Crippen LogP contribution in [0.2, 0.25) is 0 Å². The number of aromatic nitrogens is 3. The monoisotopic (exact) mass is 156 g/mol. The van der Waals surface area contributed by atoms with Gasteiger partial charge in [-0.15, -0.1) is 5.10 Å². The van der Waals surface area contributed by atoms with E-state index in [1.54, 1.807) is 0 Å². The predicted molar refractivity (Wildman–Crippen MR) is 31.0 cm³/mol. The van der Waals surface area contributed by atoms with Crippen LogP contribution in [0.4, 0.5) is 0 Å². The van der Waals surface area contributed by atoms with Crippen molar-refractivity contribution in [2.75, 3.05) is 0 Å². The molecule has 1 heterocycles. The van der Waals surface area contributed by atoms with Crippen LogP contribution in [-0.2, 0) is 17.9 Å². The third kappa shape index (κ3) is 2.01. The normalized spacial score (nSPS) is 9.91. The largest absolute Gasteiger partial charge is 0.548 e. The maximum Gasteiger partial charge on any atom is 0.108 e. The molecular weight excluding hydrogens is 150 g/mol. The Hall–Kier alpha value is -1.43. The molecule has 0 aliphatic rings. The van der Waals surface area contributed by atoms with E-state index in [0.29, 0.717) is 5.69 Å². The lowest BCUT2D eigenvalue weighted by Gasteiger charge is -1.98. The minimum absolute atomic E-state index is 0.243. The van der Waals surface area contributed by atoms with Crippen molar-refractivity contribution in [2.24, 2.45) is 0 Å². The summed E-state index contributed by atoms with van der Waals surface area (Å²) in [6, 6.07) is 0. The Balaban J connectivity index is 2.65. The topological polar surface area (TPSA) is 91.1 Å². The first-order valence-corrected chi connectivity index (χ1v) is 2.92. The van der Waals surface area contributed by atoms with Crippen LogP contribution in [0.3, 0.4) is 0 Å². The molecule has 0 amide bonds. The molecule has 1 rings (SSSR count). The highest BCUT2D eigenvalue weighted by Gasteiger charge is 1.97. The number of aliphatic hydroxyl groups is 1. The van der Waals surface area contributed by atoms with E-state index in [0.717, 1.165) is 4.68 Å². The standard InChI is InChI=1S/C5H7N3O3/c9-3-4-1-8(7-6-4)2-5(10)11/h1,9H,2-3H2,(H,10,11)/p-1. The van der Waals surface area contributed by atoms with Crippen LogP contribution in [0.25, 0.3) is 0 Å². The summed E-state index contributed by atoms with van der Waals surface area (Å²) in [5, 5.41) is 25.4. The van der Waals surface area contributed by atoms with E-state index in [-0.39, 0.29) is 13.2 Å². The fourth-order valence-electron chi connectivity index (χ4n) is 0.621. The lowest BCUT2D eigenvalue weighted by molar-refractivity contribution is -0.306. The molecule has 0 radical (unpaired) electrons. The number of carbonyl (C=O) groups is 1. The van der Waals surface area contributed by atoms with E-state index in [2.05, 4.69) is 10.3 Å². The van der Waals surface area contributed by atoms with Gasteiger partial charge in [-0.05, 0) is 0 Å². The highest BCUT2D eigenvalue weighted by molar-refractivity contribution is 5.63. The summed E-state index contributed by atoms with van der Waals surface area (Å²) < 4.78 is 1.08. The molecule has 0 bridgehead atoms. The number of hydrogen-bond acceptors (Lipinski definition) is 5. The molecule has 0 fully saturated rings. The summed E-state index contributed by atoms with van der Waals surface area (Å²) in [7, 11) is 0. The molecule has 0 saturated heterocycles. The number of aliphatic hydroxyl groups excluding tert-OH is 1. The van der Waals surface area contributed by atoms with Gasteiger partial charge in [0.2, 0.25) is 0 Å². The number of aliphatic carboxylic acids is 1. The van der Waals surface area contributed by atoms with Crippen molar-refractivity contribution >= 4 is 5.97 Å². The van der Waals surface area contributed by atoms with E-state index < -0.39 is 5.97 Å². The van der Waals surface area contributed by atoms with E-state index in [1.165, 1.54) is 6.20 Å². The van der Waals surface area contributed by atoms with E-state index >= 15 is 0 Å². The predicted octanol–water partition coefficient (Wildman–Crippen LogP) is -2.48. The van der Waals surface area contributed by atoms with E-state index in [1.807, 2.05) is 0 Å². The van der Waals surface area contributed by atoms with Gasteiger partial charge >= 0.3 is 0 Å². The zero-order valence-corrected chi connectivity index (χ0v) is 5.60. The summed E-state index contributed by atoms with van der Waals surface area (Å²) in [6.45, 7) is -0.583. The maximum absolute atomic E-state index is 10.0. The lowest BCUT2D eigenvalue weighted by Crippen LogP contribution is -2.27. The Bertz CT molecular complexity index is 257. The molecule has 60 valence electrons. The number of carbonyl (C=O) groups excluding carboxylic acids is 1. The molecule has 0 aliphatic carbocycles. The zero-order valence-electron chi connectivity index (χ0n) is 5.60. The molecule has 0 unspecified atom stereocenters. The summed E-state index contributed by atoms with van der Waals surface area (Å²) >= 11 is 0. The molecule has 6 nitrogen and oxygen atoms in total. The van der Waals surface area contributed by atoms with Crippen molar-refractivity contribution in [3.8, 4) is 0 Å². The van der Waals surface area contributed by atoms with E-state index in [4.69, 9.17) is 5.11 Å². The van der Waals surface area contributed by atoms with Gasteiger partial charge in [-0.1, -0.05) is 5.21 Å². The van der Waals surface area contributed by atoms with Crippen molar-refractivity contribution in [1.29, 1.82) is 0 Å². The Kier molecular flexibility index (Phi) is 2.17. The molecule has 1 N–H and O–H groups in total. The first kappa shape index (κ1) is 7.67. The van der Waals surface area contributed by atoms with Gasteiger partial charge in [-0.25, -0.2) is 4.68 Å². The molecule has 0 atom stereocenters. The third-order valence-electron chi connectivity index (χ3n) is 1.04. The van der Waals surface area contributed by atoms with Gasteiger partial charge in [-0.3, -0.25) is 0 Å². The van der Waals surface area contributed by atoms with Gasteiger partial charge in [0.05, 0.1) is 25.3 Å². The smallest absolute Gasteiger partial charge is 0.108 e. The van der Waals surface area contributed by atoms with Crippen LogP contribution in [0, 0.1) is 0 Å². The Labute approximate surface area is 62.1 Å². The molecular formula is C5H6N3O3-. The second-order valence-corrected chi connectivity index (χ2v) is 1.94. The number of nitrogens with zero attached hydrogens (tertiary/aromatic N) is 3. The zero-order chi connectivity index (χ0) is 8.27. The molecule has 0 aromatic carbocycles. The van der Waals surface area contributed by atoms with E-state index in [9.17, 15) is 9.90 Å². The SMILES string of the molecule is O=C([O-])Cn1cc(CO)nn1. The number of carboxylic acid groups (broad SMARTS) is 1. The van der Waals surface area contributed by atoms with Crippen molar-refractivity contribution in [2.45, 2.75) is 13.2 Å². The maximum atomic E-state index is 10.0. The van der Waals surface area contributed by atoms with Crippen LogP contribution >= 0.6 is 0 Å². The van der Waals surface area contributed by atoms with Gasteiger partial charge in [0.25, 0.3) is 0 Å². The number of carboxylic acids is 1. The molecule has 1 aromatic rings. The highest BCUT2D eigenvalue weighted by Crippen LogP contribution is 1.90. The van der Waals surface area contributed by atoms with Crippen molar-refractivity contribution in [3.05, 3.63) is 11.9 Å². The average Bonchev–Trinajstić information content (AvgIpc) is 2.34. The molecule has 1 aromatic heterocycles. The van der Waals surface area contributed by atoms with Gasteiger partial charge in [0.15, 0.2) is 0 Å². The average molecular weight is 156 g/mol. The van der Waals surface area contributed by atoms with Crippen LogP contribution < -0.4 is 5.11 Å². The minimum Gasteiger partial charge on any atom is -0.548 e. The molecule has 0 aliphatic heterocycles. The second kappa shape index (κ2) is 3.11. The lowest BCUT2D eigenvalue weighted by atomic mass is 10.5. The van der Waals surface area contributed by atoms with Gasteiger partial charge in [0, 0.05) is 0 Å². The summed E-state index contributed by atoms with van der Waals surface area (Å²) in [5.74, 6) is -1.24. The fourth-order valence-corrected chi connectivity index (χ4v) is 0.621. The van der Waals surface area contributed by atoms with Crippen LogP contribution in [-0.4, -0.2) is 26.1 Å². The summed E-state index contributed by atoms with van der Waals surface area (Å²) in [5.41, 5.74) is 0.339. The molecule has 11 heavy (non-hydrogen) atoms. The molecule has 6 heteroatoms. The number of hydrogen-bond donors (Lipinski definition) is 1. The minimum atomic E-state index is -1.24. The molecule has 0 saturated carbocycles. The number of rotatable bonds is 3. The highest BCUT2D eigenvalue weighted by atomic mass is 16.4. The van der Waals surface area contributed by atoms with Gasteiger partial charge in [0.1, 0.15) is 5.69 Å².